The van der Waals surface area contributed by atoms with Gasteiger partial charge in [0.2, 0.25) is 11.8 Å². The number of thioether (sulfide) groups is 1. The number of allylic oxidation sites excluding steroid dienone is 1. The predicted molar refractivity (Wildman–Crippen MR) is 111 cm³/mol. The van der Waals surface area contributed by atoms with Crippen LogP contribution in [0.25, 0.3) is 0 Å². The van der Waals surface area contributed by atoms with Gasteiger partial charge in [-0.15, -0.1) is 11.8 Å². The van der Waals surface area contributed by atoms with Crippen molar-refractivity contribution in [3.8, 4) is 0 Å². The number of nitrogens with zero attached hydrogens (tertiary/aromatic N) is 1. The Balaban J connectivity index is 0.00000363. The standard InChI is InChI=1S/C21H25N3O6S.K/c1-11(10-13(25)30-4)22-14(12-8-6-5-7-9-12)17(26)23-15-18(27)24-16(20(28)29)21(2,3)31-19(15)24;/h5-10,14-16,19,22H,1-4H3,(H,23,26)(H,28,29);/q;+1/p-1/b11-10+;/t14?,15-,16+,19-;/m1./s1. The number of carboxylic acid groups (broad SMARTS) is 1. The predicted octanol–water partition coefficient (Wildman–Crippen LogP) is -3.30. The Morgan fingerprint density at radius 2 is 1.88 bits per heavy atom. The summed E-state index contributed by atoms with van der Waals surface area (Å²) in [6, 6.07) is 6.06. The molecule has 0 saturated carbocycles. The van der Waals surface area contributed by atoms with Crippen molar-refractivity contribution in [1.82, 2.24) is 15.5 Å². The van der Waals surface area contributed by atoms with Crippen molar-refractivity contribution in [2.45, 2.75) is 49.0 Å². The third kappa shape index (κ3) is 5.40. The van der Waals surface area contributed by atoms with Crippen LogP contribution >= 0.6 is 11.8 Å². The second-order valence-electron chi connectivity index (χ2n) is 7.90. The Morgan fingerprint density at radius 1 is 1.25 bits per heavy atom. The van der Waals surface area contributed by atoms with E-state index in [9.17, 15) is 24.3 Å². The quantitative estimate of drug-likeness (QED) is 0.178. The van der Waals surface area contributed by atoms with Crippen molar-refractivity contribution in [1.29, 1.82) is 0 Å². The number of carboxylic acids is 1. The normalized spacial score (nSPS) is 24.4. The third-order valence-electron chi connectivity index (χ3n) is 5.26. The van der Waals surface area contributed by atoms with Crippen LogP contribution in [0, 0.1) is 0 Å². The van der Waals surface area contributed by atoms with Crippen LogP contribution in [-0.2, 0) is 23.9 Å². The number of carbonyl (C=O) groups is 4. The zero-order valence-corrected chi connectivity index (χ0v) is 22.5. The van der Waals surface area contributed by atoms with Gasteiger partial charge in [-0.25, -0.2) is 4.79 Å². The van der Waals surface area contributed by atoms with Crippen LogP contribution in [0.5, 0.6) is 0 Å². The Hall–Kier alpha value is -1.37. The van der Waals surface area contributed by atoms with Gasteiger partial charge in [0, 0.05) is 16.5 Å². The van der Waals surface area contributed by atoms with Gasteiger partial charge in [0.25, 0.3) is 0 Å². The molecule has 3 rings (SSSR count). The molecule has 0 aromatic heterocycles. The molecule has 1 aromatic carbocycles. The van der Waals surface area contributed by atoms with E-state index in [4.69, 9.17) is 0 Å². The summed E-state index contributed by atoms with van der Waals surface area (Å²) in [6.07, 6.45) is 1.22. The molecule has 0 spiro atoms. The maximum absolute atomic E-state index is 13.1. The van der Waals surface area contributed by atoms with Crippen LogP contribution in [0.2, 0.25) is 0 Å². The van der Waals surface area contributed by atoms with Crippen LogP contribution in [0.3, 0.4) is 0 Å². The number of aliphatic carboxylic acids is 1. The second kappa shape index (κ2) is 10.7. The molecule has 4 atom stereocenters. The Morgan fingerprint density at radius 3 is 2.44 bits per heavy atom. The molecule has 2 aliphatic rings. The van der Waals surface area contributed by atoms with E-state index in [0.717, 1.165) is 0 Å². The SMILES string of the molecule is COC(=O)/C=C(\C)NC(C(=O)N[C@@H]1C(=O)N2[C@@H]1SC(C)(C)[C@@H]2C(=O)[O-])c1ccccc1.[K+]. The molecule has 166 valence electrons. The van der Waals surface area contributed by atoms with E-state index < -0.39 is 52.0 Å². The van der Waals surface area contributed by atoms with E-state index in [1.165, 1.54) is 29.8 Å². The molecular formula is C21H24KN3O6S. The van der Waals surface area contributed by atoms with Gasteiger partial charge in [0.1, 0.15) is 17.5 Å². The first-order chi connectivity index (χ1) is 14.6. The summed E-state index contributed by atoms with van der Waals surface area (Å²) < 4.78 is 3.87. The van der Waals surface area contributed by atoms with Crippen molar-refractivity contribution in [3.05, 3.63) is 47.7 Å². The summed E-state index contributed by atoms with van der Waals surface area (Å²) in [4.78, 5) is 50.1. The number of hydrogen-bond acceptors (Lipinski definition) is 8. The summed E-state index contributed by atoms with van der Waals surface area (Å²) >= 11 is 1.32. The van der Waals surface area contributed by atoms with Crippen LogP contribution in [0.1, 0.15) is 32.4 Å². The number of rotatable bonds is 7. The minimum atomic E-state index is -1.31. The van der Waals surface area contributed by atoms with Crippen LogP contribution in [0.4, 0.5) is 0 Å². The van der Waals surface area contributed by atoms with E-state index in [1.54, 1.807) is 51.1 Å². The summed E-state index contributed by atoms with van der Waals surface area (Å²) in [5.41, 5.74) is 1.04. The fraction of sp³-hybridized carbons (Fsp3) is 0.429. The Kier molecular flexibility index (Phi) is 8.99. The minimum absolute atomic E-state index is 0. The number of methoxy groups -OCH3 is 1. The summed E-state index contributed by atoms with van der Waals surface area (Å²) in [7, 11) is 1.25. The number of β-lactam (4-membered cyclic amide) rings is 1. The van der Waals surface area contributed by atoms with E-state index in [1.807, 2.05) is 0 Å². The average molecular weight is 486 g/mol. The number of nitrogens with one attached hydrogen (secondary N) is 2. The van der Waals surface area contributed by atoms with Crippen molar-refractivity contribution < 1.29 is 80.4 Å². The van der Waals surface area contributed by atoms with Gasteiger partial charge < -0.3 is 30.2 Å². The molecule has 2 N–H and O–H groups in total. The topological polar surface area (TPSA) is 128 Å². The van der Waals surface area contributed by atoms with Crippen molar-refractivity contribution in [2.24, 2.45) is 0 Å². The van der Waals surface area contributed by atoms with Gasteiger partial charge in [0.05, 0.1) is 19.1 Å². The summed E-state index contributed by atoms with van der Waals surface area (Å²) in [6.45, 7) is 5.09. The first-order valence-electron chi connectivity index (χ1n) is 9.65. The Labute approximate surface area is 233 Å². The van der Waals surface area contributed by atoms with Gasteiger partial charge >= 0.3 is 57.4 Å². The first-order valence-corrected chi connectivity index (χ1v) is 10.5. The zero-order valence-electron chi connectivity index (χ0n) is 18.6. The smallest absolute Gasteiger partial charge is 0.548 e. The van der Waals surface area contributed by atoms with Crippen molar-refractivity contribution in [3.63, 3.8) is 0 Å². The van der Waals surface area contributed by atoms with Gasteiger partial charge in [-0.3, -0.25) is 9.59 Å². The number of ether oxygens (including phenoxy) is 1. The molecule has 2 aliphatic heterocycles. The molecule has 2 fully saturated rings. The number of benzene rings is 1. The minimum Gasteiger partial charge on any atom is -0.548 e. The number of carbonyl (C=O) groups excluding carboxylic acids is 4. The molecule has 0 aliphatic carbocycles. The molecule has 0 radical (unpaired) electrons. The fourth-order valence-corrected chi connectivity index (χ4v) is 5.43. The monoisotopic (exact) mass is 485 g/mol. The van der Waals surface area contributed by atoms with Crippen LogP contribution in [0.15, 0.2) is 42.1 Å². The maximum atomic E-state index is 13.1. The molecule has 2 amide bonds. The van der Waals surface area contributed by atoms with E-state index in [-0.39, 0.29) is 51.4 Å². The van der Waals surface area contributed by atoms with E-state index in [2.05, 4.69) is 15.4 Å². The van der Waals surface area contributed by atoms with Gasteiger partial charge in [0.15, 0.2) is 0 Å². The number of esters is 1. The van der Waals surface area contributed by atoms with E-state index >= 15 is 0 Å². The van der Waals surface area contributed by atoms with Gasteiger partial charge in [-0.05, 0) is 26.3 Å². The number of hydrogen-bond donors (Lipinski definition) is 2. The zero-order chi connectivity index (χ0) is 22.9. The van der Waals surface area contributed by atoms with Gasteiger partial charge in [-0.2, -0.15) is 0 Å². The molecular weight excluding hydrogens is 461 g/mol. The second-order valence-corrected chi connectivity index (χ2v) is 9.67. The molecule has 2 heterocycles. The number of fused-ring (bicyclic) bond motifs is 1. The Bertz CT molecular complexity index is 939. The molecule has 0 bridgehead atoms. The number of amides is 2. The molecule has 1 unspecified atom stereocenters. The molecule has 2 saturated heterocycles. The summed E-state index contributed by atoms with van der Waals surface area (Å²) in [5, 5.41) is 16.8. The van der Waals surface area contributed by atoms with Crippen molar-refractivity contribution >= 4 is 35.5 Å². The van der Waals surface area contributed by atoms with Crippen molar-refractivity contribution in [2.75, 3.05) is 7.11 Å². The molecule has 32 heavy (non-hydrogen) atoms. The van der Waals surface area contributed by atoms with Crippen LogP contribution in [-0.4, -0.2) is 58.0 Å². The average Bonchev–Trinajstić information content (AvgIpc) is 2.98. The van der Waals surface area contributed by atoms with Gasteiger partial charge in [-0.1, -0.05) is 30.3 Å². The third-order valence-corrected chi connectivity index (χ3v) is 6.84. The largest absolute Gasteiger partial charge is 1.00 e. The molecule has 11 heteroatoms. The maximum Gasteiger partial charge on any atom is 1.00 e. The molecule has 1 aromatic rings. The first kappa shape index (κ1) is 26.9. The molecule has 9 nitrogen and oxygen atoms in total. The summed E-state index contributed by atoms with van der Waals surface area (Å²) in [5.74, 6) is -2.82. The van der Waals surface area contributed by atoms with E-state index in [0.29, 0.717) is 11.3 Å². The fourth-order valence-electron chi connectivity index (χ4n) is 3.81. The van der Waals surface area contributed by atoms with Crippen LogP contribution < -0.4 is 67.1 Å².